The number of aliphatic hydroxyl groups excluding tert-OH is 1. The van der Waals surface area contributed by atoms with Crippen LogP contribution in [0.4, 0.5) is 5.69 Å². The molecule has 1 unspecified atom stereocenters. The smallest absolute Gasteiger partial charge is 0.110 e. The van der Waals surface area contributed by atoms with Gasteiger partial charge in [-0.05, 0) is 69.8 Å². The Morgan fingerprint density at radius 2 is 1.84 bits per heavy atom. The number of hydrogen-bond acceptors (Lipinski definition) is 5. The molecule has 0 amide bonds. The fourth-order valence-corrected chi connectivity index (χ4v) is 4.66. The summed E-state index contributed by atoms with van der Waals surface area (Å²) in [5.74, 6) is 1.19. The first-order chi connectivity index (χ1) is 15.7. The number of fused-ring (bicyclic) bond motifs is 1. The zero-order valence-electron chi connectivity index (χ0n) is 19.3. The molecule has 0 bridgehead atoms. The highest BCUT2D eigenvalue weighted by atomic mass is 16.3. The Bertz CT molecular complexity index is 978. The number of nitrogens with zero attached hydrogens (tertiary/aromatic N) is 2. The van der Waals surface area contributed by atoms with Gasteiger partial charge < -0.3 is 25.1 Å². The first-order valence-electron chi connectivity index (χ1n) is 11.6. The summed E-state index contributed by atoms with van der Waals surface area (Å²) < 4.78 is 2.52. The van der Waals surface area contributed by atoms with E-state index in [1.807, 2.05) is 20.8 Å². The highest BCUT2D eigenvalue weighted by Gasteiger charge is 2.23. The van der Waals surface area contributed by atoms with Crippen LogP contribution in [0.1, 0.15) is 49.2 Å². The van der Waals surface area contributed by atoms with Crippen LogP contribution in [0.15, 0.2) is 42.5 Å². The van der Waals surface area contributed by atoms with Crippen molar-refractivity contribution in [1.29, 1.82) is 0 Å². The van der Waals surface area contributed by atoms with E-state index in [2.05, 4.69) is 57.7 Å². The molecule has 0 aliphatic carbocycles. The second-order valence-corrected chi connectivity index (χ2v) is 8.46. The summed E-state index contributed by atoms with van der Waals surface area (Å²) in [5.41, 5.74) is 6.04. The molecule has 172 valence electrons. The summed E-state index contributed by atoms with van der Waals surface area (Å²) in [4.78, 5) is 13.2. The van der Waals surface area contributed by atoms with Gasteiger partial charge in [0.1, 0.15) is 12.6 Å². The predicted molar refractivity (Wildman–Crippen MR) is 131 cm³/mol. The van der Waals surface area contributed by atoms with Crippen molar-refractivity contribution in [3.8, 4) is 0 Å². The van der Waals surface area contributed by atoms with Crippen molar-refractivity contribution in [1.82, 2.24) is 14.9 Å². The van der Waals surface area contributed by atoms with Gasteiger partial charge in [0.05, 0.1) is 17.1 Å². The van der Waals surface area contributed by atoms with E-state index in [0.29, 0.717) is 6.04 Å². The SMILES string of the molecule is C=O.CNc1ccc2c(nc(CCc3ccccc3)n2C2CCNCC2)c1CCC(C)O. The number of piperidine rings is 1. The van der Waals surface area contributed by atoms with Gasteiger partial charge in [-0.25, -0.2) is 4.98 Å². The lowest BCUT2D eigenvalue weighted by Gasteiger charge is -2.26. The zero-order valence-corrected chi connectivity index (χ0v) is 19.3. The Hall–Kier alpha value is -2.70. The lowest BCUT2D eigenvalue weighted by Crippen LogP contribution is -2.30. The van der Waals surface area contributed by atoms with E-state index in [0.717, 1.165) is 62.8 Å². The van der Waals surface area contributed by atoms with Gasteiger partial charge in [-0.2, -0.15) is 0 Å². The van der Waals surface area contributed by atoms with Gasteiger partial charge >= 0.3 is 0 Å². The van der Waals surface area contributed by atoms with Crippen LogP contribution in [-0.2, 0) is 24.1 Å². The monoisotopic (exact) mass is 436 g/mol. The van der Waals surface area contributed by atoms with Gasteiger partial charge in [0.2, 0.25) is 0 Å². The quantitative estimate of drug-likeness (QED) is 0.499. The summed E-state index contributed by atoms with van der Waals surface area (Å²) >= 11 is 0. The molecule has 1 aromatic heterocycles. The Morgan fingerprint density at radius 1 is 1.12 bits per heavy atom. The van der Waals surface area contributed by atoms with E-state index < -0.39 is 0 Å². The lowest BCUT2D eigenvalue weighted by molar-refractivity contribution is -0.0979. The number of aliphatic hydroxyl groups is 1. The van der Waals surface area contributed by atoms with Crippen molar-refractivity contribution in [3.63, 3.8) is 0 Å². The van der Waals surface area contributed by atoms with Crippen molar-refractivity contribution < 1.29 is 9.90 Å². The number of anilines is 1. The molecule has 4 rings (SSSR count). The average molecular weight is 437 g/mol. The van der Waals surface area contributed by atoms with Gasteiger partial charge in [-0.15, -0.1) is 0 Å². The molecule has 6 heteroatoms. The summed E-state index contributed by atoms with van der Waals surface area (Å²) in [6.45, 7) is 5.98. The number of carbonyl (C=O) groups is 1. The summed E-state index contributed by atoms with van der Waals surface area (Å²) in [5, 5.41) is 16.7. The molecule has 0 saturated carbocycles. The largest absolute Gasteiger partial charge is 0.393 e. The molecule has 6 nitrogen and oxygen atoms in total. The molecule has 0 radical (unpaired) electrons. The Morgan fingerprint density at radius 3 is 2.50 bits per heavy atom. The van der Waals surface area contributed by atoms with Crippen LogP contribution in [0.3, 0.4) is 0 Å². The maximum Gasteiger partial charge on any atom is 0.110 e. The van der Waals surface area contributed by atoms with E-state index >= 15 is 0 Å². The number of benzene rings is 2. The fraction of sp³-hybridized carbons (Fsp3) is 0.462. The summed E-state index contributed by atoms with van der Waals surface area (Å²) in [7, 11) is 1.97. The van der Waals surface area contributed by atoms with Gasteiger partial charge in [0, 0.05) is 30.8 Å². The molecular weight excluding hydrogens is 400 g/mol. The van der Waals surface area contributed by atoms with Crippen molar-refractivity contribution in [2.75, 3.05) is 25.5 Å². The zero-order chi connectivity index (χ0) is 22.9. The topological polar surface area (TPSA) is 79.2 Å². The second-order valence-electron chi connectivity index (χ2n) is 8.46. The van der Waals surface area contributed by atoms with Crippen LogP contribution < -0.4 is 10.6 Å². The standard InChI is InChI=1S/C25H34N4O.CH2O/c1-18(30)8-10-21-22(26-2)11-12-23-25(21)28-24(13-9-19-6-4-3-5-7-19)29(23)20-14-16-27-17-15-20;1-2/h3-7,11-12,18,20,26-27,30H,8-10,13-17H2,1-2H3;1H2. The minimum Gasteiger partial charge on any atom is -0.393 e. The van der Waals surface area contributed by atoms with Gasteiger partial charge in [0.25, 0.3) is 0 Å². The van der Waals surface area contributed by atoms with E-state index in [1.165, 1.54) is 22.5 Å². The third kappa shape index (κ3) is 5.56. The maximum absolute atomic E-state index is 9.87. The van der Waals surface area contributed by atoms with E-state index in [-0.39, 0.29) is 6.10 Å². The maximum atomic E-state index is 9.87. The molecule has 2 aromatic carbocycles. The molecular formula is C26H36N4O2. The number of aryl methyl sites for hydroxylation is 3. The number of imidazole rings is 1. The predicted octanol–water partition coefficient (Wildman–Crippen LogP) is 3.92. The Balaban J connectivity index is 0.00000141. The van der Waals surface area contributed by atoms with E-state index in [4.69, 9.17) is 9.78 Å². The van der Waals surface area contributed by atoms with Gasteiger partial charge in [0.15, 0.2) is 0 Å². The first kappa shape index (κ1) is 24.0. The Labute approximate surface area is 191 Å². The Kier molecular flexibility index (Phi) is 8.82. The molecule has 32 heavy (non-hydrogen) atoms. The third-order valence-corrected chi connectivity index (χ3v) is 6.28. The second kappa shape index (κ2) is 11.8. The molecule has 1 fully saturated rings. The van der Waals surface area contributed by atoms with Crippen molar-refractivity contribution >= 4 is 23.5 Å². The summed E-state index contributed by atoms with van der Waals surface area (Å²) in [6, 6.07) is 15.6. The molecule has 1 aliphatic heterocycles. The van der Waals surface area contributed by atoms with Gasteiger partial charge in [-0.1, -0.05) is 30.3 Å². The van der Waals surface area contributed by atoms with Crippen molar-refractivity contribution in [2.24, 2.45) is 0 Å². The van der Waals surface area contributed by atoms with E-state index in [1.54, 1.807) is 0 Å². The lowest BCUT2D eigenvalue weighted by atomic mass is 10.0. The van der Waals surface area contributed by atoms with Crippen molar-refractivity contribution in [2.45, 2.75) is 57.6 Å². The summed E-state index contributed by atoms with van der Waals surface area (Å²) in [6.07, 6.45) is 5.47. The molecule has 1 aliphatic rings. The fourth-order valence-electron chi connectivity index (χ4n) is 4.66. The molecule has 3 aromatic rings. The van der Waals surface area contributed by atoms with Crippen LogP contribution in [0, 0.1) is 0 Å². The van der Waals surface area contributed by atoms with Crippen LogP contribution in [-0.4, -0.2) is 47.7 Å². The molecule has 2 heterocycles. The van der Waals surface area contributed by atoms with Crippen LogP contribution in [0.5, 0.6) is 0 Å². The van der Waals surface area contributed by atoms with Crippen LogP contribution in [0.25, 0.3) is 11.0 Å². The van der Waals surface area contributed by atoms with Crippen LogP contribution in [0.2, 0.25) is 0 Å². The highest BCUT2D eigenvalue weighted by molar-refractivity contribution is 5.85. The molecule has 3 N–H and O–H groups in total. The number of carbonyl (C=O) groups excluding carboxylic acids is 1. The van der Waals surface area contributed by atoms with Gasteiger partial charge in [-0.3, -0.25) is 0 Å². The third-order valence-electron chi connectivity index (χ3n) is 6.28. The normalized spacial score (nSPS) is 15.2. The number of hydrogen-bond donors (Lipinski definition) is 3. The number of aromatic nitrogens is 2. The van der Waals surface area contributed by atoms with Crippen molar-refractivity contribution in [3.05, 3.63) is 59.4 Å². The minimum atomic E-state index is -0.311. The molecule has 1 saturated heterocycles. The van der Waals surface area contributed by atoms with E-state index in [9.17, 15) is 5.11 Å². The number of rotatable bonds is 8. The molecule has 0 spiro atoms. The molecule has 1 atom stereocenters. The highest BCUT2D eigenvalue weighted by Crippen LogP contribution is 2.33. The number of nitrogens with one attached hydrogen (secondary N) is 2. The minimum absolute atomic E-state index is 0.311. The average Bonchev–Trinajstić information content (AvgIpc) is 3.22. The van der Waals surface area contributed by atoms with Crippen LogP contribution >= 0.6 is 0 Å². The first-order valence-corrected chi connectivity index (χ1v) is 11.6.